The van der Waals surface area contributed by atoms with Crippen LogP contribution in [0.2, 0.25) is 9.94 Å². The standard InChI is InChI=1S/C15H15N3O7Te/c1-26(2,10-11-6-4-3-5-7-11)25-18(24)14-9-12(16(20)21)8-13(15(14)19)17(22)23/h3-9H,10H2,1-2H3. The molecule has 0 atom stereocenters. The third-order valence-electron chi connectivity index (χ3n) is 3.27. The van der Waals surface area contributed by atoms with Crippen molar-refractivity contribution in [1.29, 1.82) is 0 Å². The van der Waals surface area contributed by atoms with Gasteiger partial charge in [-0.15, -0.1) is 0 Å². The Morgan fingerprint density at radius 2 is 1.54 bits per heavy atom. The normalized spacial score (nSPS) is 11.6. The van der Waals surface area contributed by atoms with E-state index in [-0.39, 0.29) is 4.92 Å². The molecular formula is C15H15N3O7Te. The van der Waals surface area contributed by atoms with E-state index in [0.29, 0.717) is 16.6 Å². The molecule has 0 saturated carbocycles. The van der Waals surface area contributed by atoms with Gasteiger partial charge in [0.05, 0.1) is 0 Å². The number of nitrogens with zero attached hydrogens (tertiary/aromatic N) is 3. The molecule has 0 N–H and O–H groups in total. The van der Waals surface area contributed by atoms with Gasteiger partial charge in [-0.3, -0.25) is 0 Å². The van der Waals surface area contributed by atoms with Crippen LogP contribution in [0, 0.1) is 25.1 Å². The molecule has 26 heavy (non-hydrogen) atoms. The Labute approximate surface area is 152 Å². The van der Waals surface area contributed by atoms with Gasteiger partial charge in [0.15, 0.2) is 0 Å². The van der Waals surface area contributed by atoms with Crippen LogP contribution in [0.25, 0.3) is 0 Å². The van der Waals surface area contributed by atoms with E-state index < -0.39 is 51.2 Å². The van der Waals surface area contributed by atoms with Gasteiger partial charge in [0.1, 0.15) is 0 Å². The van der Waals surface area contributed by atoms with E-state index in [2.05, 4.69) is 0 Å². The van der Waals surface area contributed by atoms with Gasteiger partial charge in [0.25, 0.3) is 0 Å². The van der Waals surface area contributed by atoms with Crippen molar-refractivity contribution in [1.82, 2.24) is 0 Å². The second kappa shape index (κ2) is 7.63. The minimum atomic E-state index is -3.25. The molecule has 2 rings (SSSR count). The zero-order valence-corrected chi connectivity index (χ0v) is 16.2. The predicted octanol–water partition coefficient (Wildman–Crippen LogP) is 2.91. The average molecular weight is 477 g/mol. The first-order valence-corrected chi connectivity index (χ1v) is 14.4. The van der Waals surface area contributed by atoms with Crippen molar-refractivity contribution in [3.63, 3.8) is 0 Å². The quantitative estimate of drug-likeness (QED) is 0.340. The monoisotopic (exact) mass is 479 g/mol. The topological polar surface area (TPSA) is 139 Å². The van der Waals surface area contributed by atoms with E-state index in [9.17, 15) is 30.2 Å². The van der Waals surface area contributed by atoms with Crippen molar-refractivity contribution in [2.75, 3.05) is 0 Å². The average Bonchev–Trinajstić information content (AvgIpc) is 2.54. The number of hydrogen-bond acceptors (Lipinski definition) is 7. The third-order valence-corrected chi connectivity index (χ3v) is 7.74. The Balaban J connectivity index is 2.33. The summed E-state index contributed by atoms with van der Waals surface area (Å²) in [6, 6.07) is 10.5. The van der Waals surface area contributed by atoms with Gasteiger partial charge in [-0.25, -0.2) is 0 Å². The molecule has 2 aromatic rings. The van der Waals surface area contributed by atoms with Crippen molar-refractivity contribution in [3.8, 4) is 5.75 Å². The van der Waals surface area contributed by atoms with Gasteiger partial charge < -0.3 is 0 Å². The van der Waals surface area contributed by atoms with Crippen molar-refractivity contribution >= 4 is 35.7 Å². The molecule has 0 aliphatic carbocycles. The molecule has 138 valence electrons. The fraction of sp³-hybridized carbons (Fsp3) is 0.200. The maximum atomic E-state index is 12.3. The number of nitro groups is 2. The SMILES string of the molecule is C[Te](C)(Cc1ccccc1)O[N+](=O)c1cc([N+](=O)[O-])cc([N+](=O)[O-])c1[O-]. The minimum absolute atomic E-state index is 0.119. The van der Waals surface area contributed by atoms with Gasteiger partial charge in [0, 0.05) is 0 Å². The summed E-state index contributed by atoms with van der Waals surface area (Å²) in [6.07, 6.45) is 0. The Morgan fingerprint density at radius 1 is 0.962 bits per heavy atom. The summed E-state index contributed by atoms with van der Waals surface area (Å²) in [7, 11) is 0. The van der Waals surface area contributed by atoms with Crippen LogP contribution in [0.15, 0.2) is 42.5 Å². The van der Waals surface area contributed by atoms with Gasteiger partial charge >= 0.3 is 152 Å². The molecule has 11 heteroatoms. The van der Waals surface area contributed by atoms with Crippen LogP contribution >= 0.6 is 0 Å². The summed E-state index contributed by atoms with van der Waals surface area (Å²) in [5, 5.41) is 34.0. The van der Waals surface area contributed by atoms with Crippen LogP contribution in [-0.2, 0) is 7.67 Å². The van der Waals surface area contributed by atoms with E-state index in [1.807, 2.05) is 30.3 Å². The molecule has 0 saturated heterocycles. The molecule has 0 bridgehead atoms. The van der Waals surface area contributed by atoms with Gasteiger partial charge in [0.2, 0.25) is 0 Å². The van der Waals surface area contributed by atoms with Crippen LogP contribution in [0.4, 0.5) is 17.1 Å². The van der Waals surface area contributed by atoms with Crippen molar-refractivity contribution in [3.05, 3.63) is 73.2 Å². The van der Waals surface area contributed by atoms with E-state index in [4.69, 9.17) is 3.20 Å². The summed E-state index contributed by atoms with van der Waals surface area (Å²) in [4.78, 5) is 35.6. The molecule has 0 fully saturated rings. The summed E-state index contributed by atoms with van der Waals surface area (Å²) in [5.74, 6) is -1.23. The molecule has 0 unspecified atom stereocenters. The molecule has 0 aliphatic rings. The van der Waals surface area contributed by atoms with Crippen LogP contribution in [0.5, 0.6) is 5.75 Å². The fourth-order valence-corrected chi connectivity index (χ4v) is 6.45. The maximum absolute atomic E-state index is 12.3. The summed E-state index contributed by atoms with van der Waals surface area (Å²) in [5.41, 5.74) is -1.62. The molecule has 0 aromatic heterocycles. The van der Waals surface area contributed by atoms with Crippen LogP contribution in [-0.4, -0.2) is 33.4 Å². The second-order valence-electron chi connectivity index (χ2n) is 5.73. The summed E-state index contributed by atoms with van der Waals surface area (Å²) >= 11 is -3.25. The predicted molar refractivity (Wildman–Crippen MR) is 91.2 cm³/mol. The first-order valence-electron chi connectivity index (χ1n) is 7.16. The fourth-order valence-electron chi connectivity index (χ4n) is 2.19. The molecular weight excluding hydrogens is 462 g/mol. The Bertz CT molecular complexity index is 871. The number of non-ortho nitro benzene ring substituents is 1. The molecule has 0 amide bonds. The molecule has 2 aromatic carbocycles. The van der Waals surface area contributed by atoms with Crippen molar-refractivity contribution in [2.45, 2.75) is 14.4 Å². The Kier molecular flexibility index (Phi) is 5.74. The number of rotatable bonds is 7. The van der Waals surface area contributed by atoms with Crippen molar-refractivity contribution < 1.29 is 23.1 Å². The molecule has 0 radical (unpaired) electrons. The van der Waals surface area contributed by atoms with E-state index >= 15 is 0 Å². The molecule has 0 spiro atoms. The Hall–Kier alpha value is -2.77. The summed E-state index contributed by atoms with van der Waals surface area (Å²) in [6.45, 7) is 0. The number of nitro benzene ring substituents is 2. The molecule has 0 heterocycles. The molecule has 0 aliphatic heterocycles. The zero-order chi connectivity index (χ0) is 19.5. The first-order chi connectivity index (χ1) is 12.1. The second-order valence-corrected chi connectivity index (χ2v) is 15.2. The van der Waals surface area contributed by atoms with Crippen LogP contribution in [0.1, 0.15) is 5.56 Å². The van der Waals surface area contributed by atoms with Crippen molar-refractivity contribution in [2.24, 2.45) is 0 Å². The Morgan fingerprint density at radius 3 is 2.08 bits per heavy atom. The van der Waals surface area contributed by atoms with E-state index in [1.54, 1.807) is 9.94 Å². The number of hydrogen-bond donors (Lipinski definition) is 0. The van der Waals surface area contributed by atoms with Gasteiger partial charge in [-0.2, -0.15) is 0 Å². The molecule has 10 nitrogen and oxygen atoms in total. The summed E-state index contributed by atoms with van der Waals surface area (Å²) < 4.78 is 5.89. The van der Waals surface area contributed by atoms with Crippen LogP contribution in [0.3, 0.4) is 0 Å². The van der Waals surface area contributed by atoms with Crippen LogP contribution < -0.4 is 5.11 Å². The van der Waals surface area contributed by atoms with E-state index in [0.717, 1.165) is 5.56 Å². The van der Waals surface area contributed by atoms with E-state index in [1.165, 1.54) is 0 Å². The first kappa shape index (κ1) is 19.6. The zero-order valence-electron chi connectivity index (χ0n) is 13.9. The van der Waals surface area contributed by atoms with Gasteiger partial charge in [-0.05, 0) is 0 Å². The third kappa shape index (κ3) is 4.65. The number of benzene rings is 2. The van der Waals surface area contributed by atoms with Gasteiger partial charge in [-0.1, -0.05) is 0 Å².